The van der Waals surface area contributed by atoms with Gasteiger partial charge in [0, 0.05) is 17.3 Å². The minimum absolute atomic E-state index is 0.231. The van der Waals surface area contributed by atoms with E-state index in [4.69, 9.17) is 0 Å². The molecular formula is C16H14F3NO. The minimum Gasteiger partial charge on any atom is -0.386 e. The first-order chi connectivity index (χ1) is 10.1. The zero-order valence-corrected chi connectivity index (χ0v) is 11.1. The molecule has 1 aliphatic rings. The molecule has 0 spiro atoms. The first kappa shape index (κ1) is 13.9. The van der Waals surface area contributed by atoms with E-state index in [-0.39, 0.29) is 5.56 Å². The Morgan fingerprint density at radius 1 is 1.05 bits per heavy atom. The molecule has 0 aliphatic carbocycles. The predicted molar refractivity (Wildman–Crippen MR) is 73.4 cm³/mol. The number of hydrogen-bond acceptors (Lipinski definition) is 2. The van der Waals surface area contributed by atoms with Crippen LogP contribution in [-0.4, -0.2) is 11.1 Å². The summed E-state index contributed by atoms with van der Waals surface area (Å²) in [5.74, 6) is -3.37. The Hall–Kier alpha value is -2.01. The molecule has 0 amide bonds. The van der Waals surface area contributed by atoms with Crippen LogP contribution in [0.4, 0.5) is 18.9 Å². The largest absolute Gasteiger partial charge is 0.386 e. The highest BCUT2D eigenvalue weighted by Crippen LogP contribution is 2.32. The van der Waals surface area contributed by atoms with Crippen molar-refractivity contribution in [3.05, 3.63) is 65.0 Å². The minimum atomic E-state index is -1.26. The van der Waals surface area contributed by atoms with Gasteiger partial charge in [0.25, 0.3) is 0 Å². The van der Waals surface area contributed by atoms with Crippen molar-refractivity contribution in [2.24, 2.45) is 0 Å². The summed E-state index contributed by atoms with van der Waals surface area (Å²) < 4.78 is 39.9. The molecule has 0 saturated heterocycles. The molecule has 0 bridgehead atoms. The van der Waals surface area contributed by atoms with Gasteiger partial charge >= 0.3 is 0 Å². The van der Waals surface area contributed by atoms with Gasteiger partial charge in [0.2, 0.25) is 0 Å². The number of aliphatic hydroxyl groups is 1. The molecule has 21 heavy (non-hydrogen) atoms. The van der Waals surface area contributed by atoms with Crippen LogP contribution in [0.1, 0.15) is 23.7 Å². The van der Waals surface area contributed by atoms with Crippen molar-refractivity contribution in [3.8, 4) is 0 Å². The second kappa shape index (κ2) is 5.41. The number of aryl methyl sites for hydroxylation is 1. The van der Waals surface area contributed by atoms with Gasteiger partial charge in [-0.05, 0) is 30.5 Å². The molecule has 2 N–H and O–H groups in total. The van der Waals surface area contributed by atoms with Crippen molar-refractivity contribution < 1.29 is 18.3 Å². The summed E-state index contributed by atoms with van der Waals surface area (Å²) in [5.41, 5.74) is 1.76. The maximum absolute atomic E-state index is 13.7. The fourth-order valence-electron chi connectivity index (χ4n) is 2.68. The second-order valence-corrected chi connectivity index (χ2v) is 5.18. The third-order valence-electron chi connectivity index (χ3n) is 3.82. The standard InChI is InChI=1S/C16H14F3NO/c17-11-8-13(19)12(18)7-10(11)16(21)15-6-5-9-3-1-2-4-14(9)20-15/h1-4,7-8,15-16,20-21H,5-6H2. The number of nitrogens with one attached hydrogen (secondary N) is 1. The molecule has 0 radical (unpaired) electrons. The topological polar surface area (TPSA) is 32.3 Å². The Morgan fingerprint density at radius 2 is 1.76 bits per heavy atom. The summed E-state index contributed by atoms with van der Waals surface area (Å²) in [6, 6.07) is 8.37. The van der Waals surface area contributed by atoms with Gasteiger partial charge in [-0.2, -0.15) is 0 Å². The molecule has 110 valence electrons. The van der Waals surface area contributed by atoms with E-state index in [1.54, 1.807) is 0 Å². The highest BCUT2D eigenvalue weighted by atomic mass is 19.2. The van der Waals surface area contributed by atoms with E-state index in [1.807, 2.05) is 24.3 Å². The SMILES string of the molecule is OC(c1cc(F)c(F)cc1F)C1CCc2ccccc2N1. The molecule has 0 saturated carbocycles. The van der Waals surface area contributed by atoms with Crippen LogP contribution >= 0.6 is 0 Å². The summed E-state index contributed by atoms with van der Waals surface area (Å²) in [6.45, 7) is 0. The Morgan fingerprint density at radius 3 is 2.57 bits per heavy atom. The monoisotopic (exact) mass is 293 g/mol. The molecular weight excluding hydrogens is 279 g/mol. The molecule has 0 aromatic heterocycles. The zero-order chi connectivity index (χ0) is 15.0. The molecule has 2 unspecified atom stereocenters. The average Bonchev–Trinajstić information content (AvgIpc) is 2.50. The van der Waals surface area contributed by atoms with E-state index in [1.165, 1.54) is 0 Å². The van der Waals surface area contributed by atoms with Crippen molar-refractivity contribution in [3.63, 3.8) is 0 Å². The first-order valence-corrected chi connectivity index (χ1v) is 6.73. The van der Waals surface area contributed by atoms with Gasteiger partial charge in [-0.15, -0.1) is 0 Å². The van der Waals surface area contributed by atoms with Gasteiger partial charge < -0.3 is 10.4 Å². The zero-order valence-electron chi connectivity index (χ0n) is 11.1. The lowest BCUT2D eigenvalue weighted by molar-refractivity contribution is 0.144. The van der Waals surface area contributed by atoms with E-state index in [0.29, 0.717) is 12.5 Å². The van der Waals surface area contributed by atoms with Crippen LogP contribution in [0.25, 0.3) is 0 Å². The molecule has 2 nitrogen and oxygen atoms in total. The maximum Gasteiger partial charge on any atom is 0.161 e. The van der Waals surface area contributed by atoms with Gasteiger partial charge in [-0.25, -0.2) is 13.2 Å². The fraction of sp³-hybridized carbons (Fsp3) is 0.250. The van der Waals surface area contributed by atoms with Crippen LogP contribution in [0.5, 0.6) is 0 Å². The highest BCUT2D eigenvalue weighted by molar-refractivity contribution is 5.54. The van der Waals surface area contributed by atoms with E-state index in [9.17, 15) is 18.3 Å². The number of fused-ring (bicyclic) bond motifs is 1. The summed E-state index contributed by atoms with van der Waals surface area (Å²) in [5, 5.41) is 13.4. The van der Waals surface area contributed by atoms with Gasteiger partial charge in [-0.3, -0.25) is 0 Å². The number of para-hydroxylation sites is 1. The summed E-state index contributed by atoms with van der Waals surface area (Å²) in [4.78, 5) is 0. The fourth-order valence-corrected chi connectivity index (χ4v) is 2.68. The van der Waals surface area contributed by atoms with Crippen LogP contribution in [0, 0.1) is 17.5 Å². The molecule has 1 heterocycles. The van der Waals surface area contributed by atoms with E-state index in [0.717, 1.165) is 23.7 Å². The van der Waals surface area contributed by atoms with Crippen molar-refractivity contribution in [1.82, 2.24) is 0 Å². The molecule has 5 heteroatoms. The molecule has 2 aromatic carbocycles. The molecule has 2 atom stereocenters. The smallest absolute Gasteiger partial charge is 0.161 e. The number of rotatable bonds is 2. The number of hydrogen-bond donors (Lipinski definition) is 2. The average molecular weight is 293 g/mol. The quantitative estimate of drug-likeness (QED) is 0.830. The van der Waals surface area contributed by atoms with E-state index < -0.39 is 29.6 Å². The third kappa shape index (κ3) is 2.61. The molecule has 1 aliphatic heterocycles. The third-order valence-corrected chi connectivity index (χ3v) is 3.82. The summed E-state index contributed by atoms with van der Waals surface area (Å²) in [7, 11) is 0. The van der Waals surface area contributed by atoms with Gasteiger partial charge in [-0.1, -0.05) is 18.2 Å². The van der Waals surface area contributed by atoms with Crippen molar-refractivity contribution in [2.45, 2.75) is 25.0 Å². The second-order valence-electron chi connectivity index (χ2n) is 5.18. The van der Waals surface area contributed by atoms with Gasteiger partial charge in [0.1, 0.15) is 11.9 Å². The lowest BCUT2D eigenvalue weighted by Gasteiger charge is -2.31. The number of halogens is 3. The summed E-state index contributed by atoms with van der Waals surface area (Å²) >= 11 is 0. The van der Waals surface area contributed by atoms with Crippen LogP contribution < -0.4 is 5.32 Å². The van der Waals surface area contributed by atoms with Gasteiger partial charge in [0.15, 0.2) is 11.6 Å². The Kier molecular flexibility index (Phi) is 3.59. The molecule has 2 aromatic rings. The molecule has 3 rings (SSSR count). The number of anilines is 1. The Bertz CT molecular complexity index is 675. The van der Waals surface area contributed by atoms with Crippen molar-refractivity contribution in [1.29, 1.82) is 0 Å². The molecule has 0 fully saturated rings. The Labute approximate surface area is 120 Å². The van der Waals surface area contributed by atoms with Crippen molar-refractivity contribution in [2.75, 3.05) is 5.32 Å². The number of aliphatic hydroxyl groups excluding tert-OH is 1. The highest BCUT2D eigenvalue weighted by Gasteiger charge is 2.28. The van der Waals surface area contributed by atoms with E-state index in [2.05, 4.69) is 5.32 Å². The number of benzene rings is 2. The predicted octanol–water partition coefficient (Wildman–Crippen LogP) is 3.56. The van der Waals surface area contributed by atoms with E-state index >= 15 is 0 Å². The van der Waals surface area contributed by atoms with Crippen LogP contribution in [-0.2, 0) is 6.42 Å². The maximum atomic E-state index is 13.7. The Balaban J connectivity index is 1.87. The lowest BCUT2D eigenvalue weighted by Crippen LogP contribution is -2.32. The summed E-state index contributed by atoms with van der Waals surface area (Å²) in [6.07, 6.45) is 0.0701. The van der Waals surface area contributed by atoms with Crippen LogP contribution in [0.3, 0.4) is 0 Å². The first-order valence-electron chi connectivity index (χ1n) is 6.73. The normalized spacial score (nSPS) is 18.8. The van der Waals surface area contributed by atoms with Gasteiger partial charge in [0.05, 0.1) is 6.04 Å². The van der Waals surface area contributed by atoms with Crippen LogP contribution in [0.15, 0.2) is 36.4 Å². The lowest BCUT2D eigenvalue weighted by atomic mass is 9.91. The van der Waals surface area contributed by atoms with Crippen molar-refractivity contribution >= 4 is 5.69 Å². The van der Waals surface area contributed by atoms with Crippen LogP contribution in [0.2, 0.25) is 0 Å².